The molecular formula is C16H12ClF3N4O. The Bertz CT molecular complexity index is 952. The van der Waals surface area contributed by atoms with Crippen LogP contribution in [0.4, 0.5) is 13.2 Å². The lowest BCUT2D eigenvalue weighted by molar-refractivity contribution is -0.141. The van der Waals surface area contributed by atoms with Crippen molar-refractivity contribution in [2.24, 2.45) is 0 Å². The lowest BCUT2D eigenvalue weighted by Crippen LogP contribution is -2.24. The number of pyridine rings is 2. The number of aromatic nitrogens is 3. The number of rotatable bonds is 3. The number of alkyl halides is 3. The lowest BCUT2D eigenvalue weighted by Gasteiger charge is -2.10. The van der Waals surface area contributed by atoms with E-state index in [0.29, 0.717) is 16.4 Å². The molecule has 1 N–H and O–H groups in total. The van der Waals surface area contributed by atoms with Gasteiger partial charge in [-0.05, 0) is 31.2 Å². The molecule has 3 heterocycles. The molecule has 5 nitrogen and oxygen atoms in total. The first-order valence-electron chi connectivity index (χ1n) is 7.20. The van der Waals surface area contributed by atoms with Crippen LogP contribution < -0.4 is 5.32 Å². The first kappa shape index (κ1) is 17.2. The summed E-state index contributed by atoms with van der Waals surface area (Å²) in [5, 5.41) is 3.17. The number of carbonyl (C=O) groups excluding carboxylic acids is 1. The monoisotopic (exact) mass is 368 g/mol. The van der Waals surface area contributed by atoms with Crippen LogP contribution in [0.2, 0.25) is 5.02 Å². The van der Waals surface area contributed by atoms with Crippen LogP contribution in [0.5, 0.6) is 0 Å². The van der Waals surface area contributed by atoms with Crippen molar-refractivity contribution in [2.45, 2.75) is 19.6 Å². The number of imidazole rings is 1. The Labute approximate surface area is 145 Å². The number of hydrogen-bond acceptors (Lipinski definition) is 3. The van der Waals surface area contributed by atoms with E-state index in [4.69, 9.17) is 11.6 Å². The van der Waals surface area contributed by atoms with E-state index in [1.807, 2.05) is 0 Å². The predicted octanol–water partition coefficient (Wildman–Crippen LogP) is 3.64. The van der Waals surface area contributed by atoms with Gasteiger partial charge < -0.3 is 9.72 Å². The van der Waals surface area contributed by atoms with Crippen LogP contribution in [0, 0.1) is 6.92 Å². The van der Waals surface area contributed by atoms with E-state index < -0.39 is 17.8 Å². The van der Waals surface area contributed by atoms with Gasteiger partial charge in [0.1, 0.15) is 11.3 Å². The van der Waals surface area contributed by atoms with Gasteiger partial charge in [0.2, 0.25) is 0 Å². The van der Waals surface area contributed by atoms with Crippen LogP contribution >= 0.6 is 11.6 Å². The van der Waals surface area contributed by atoms with Gasteiger partial charge in [0, 0.05) is 12.4 Å². The number of halogens is 4. The van der Waals surface area contributed by atoms with E-state index in [-0.39, 0.29) is 17.8 Å². The van der Waals surface area contributed by atoms with Crippen LogP contribution in [0.1, 0.15) is 27.4 Å². The van der Waals surface area contributed by atoms with Gasteiger partial charge in [0.05, 0.1) is 28.5 Å². The molecular weight excluding hydrogens is 357 g/mol. The molecule has 0 unspecified atom stereocenters. The van der Waals surface area contributed by atoms with E-state index in [1.165, 1.54) is 6.92 Å². The number of hydrogen-bond donors (Lipinski definition) is 1. The summed E-state index contributed by atoms with van der Waals surface area (Å²) in [6.45, 7) is 1.48. The topological polar surface area (TPSA) is 59.3 Å². The minimum Gasteiger partial charge on any atom is -0.346 e. The molecule has 0 saturated carbocycles. The molecule has 0 bridgehead atoms. The molecule has 0 aliphatic heterocycles. The van der Waals surface area contributed by atoms with Crippen molar-refractivity contribution in [1.29, 1.82) is 0 Å². The molecule has 0 aromatic carbocycles. The first-order chi connectivity index (χ1) is 11.7. The van der Waals surface area contributed by atoms with E-state index in [0.717, 1.165) is 12.1 Å². The van der Waals surface area contributed by atoms with Gasteiger partial charge in [-0.2, -0.15) is 13.2 Å². The molecule has 3 aromatic heterocycles. The van der Waals surface area contributed by atoms with Crippen LogP contribution in [0.25, 0.3) is 5.65 Å². The Hall–Kier alpha value is -2.61. The Kier molecular flexibility index (Phi) is 4.38. The minimum absolute atomic E-state index is 0.00843. The van der Waals surface area contributed by atoms with Gasteiger partial charge in [0.15, 0.2) is 0 Å². The van der Waals surface area contributed by atoms with Crippen molar-refractivity contribution in [2.75, 3.05) is 0 Å². The fraction of sp³-hybridized carbons (Fsp3) is 0.188. The van der Waals surface area contributed by atoms with Gasteiger partial charge in [0.25, 0.3) is 5.91 Å². The Morgan fingerprint density at radius 3 is 2.64 bits per heavy atom. The van der Waals surface area contributed by atoms with Gasteiger partial charge in [-0.15, -0.1) is 0 Å². The smallest absolute Gasteiger partial charge is 0.346 e. The number of nitrogens with one attached hydrogen (secondary N) is 1. The summed E-state index contributed by atoms with van der Waals surface area (Å²) >= 11 is 5.89. The van der Waals surface area contributed by atoms with Gasteiger partial charge in [-0.1, -0.05) is 11.6 Å². The maximum Gasteiger partial charge on any atom is 0.433 e. The van der Waals surface area contributed by atoms with Crippen molar-refractivity contribution in [3.8, 4) is 0 Å². The number of amides is 1. The first-order valence-corrected chi connectivity index (χ1v) is 7.58. The molecule has 3 aromatic rings. The number of nitrogens with zero attached hydrogens (tertiary/aromatic N) is 3. The molecule has 0 aliphatic carbocycles. The summed E-state index contributed by atoms with van der Waals surface area (Å²) in [6, 6.07) is 5.33. The summed E-state index contributed by atoms with van der Waals surface area (Å²) in [5.41, 5.74) is 0.321. The maximum atomic E-state index is 12.6. The highest BCUT2D eigenvalue weighted by Gasteiger charge is 2.33. The highest BCUT2D eigenvalue weighted by atomic mass is 35.5. The zero-order chi connectivity index (χ0) is 18.2. The zero-order valence-electron chi connectivity index (χ0n) is 12.9. The van der Waals surface area contributed by atoms with E-state index >= 15 is 0 Å². The standard InChI is InChI=1S/C16H12ClF3N4O/c1-9-12(3-4-13(22-9)16(18,19)20)15(25)21-6-11-8-24-7-10(17)2-5-14(24)23-11/h2-5,7-8H,6H2,1H3,(H,21,25). The Morgan fingerprint density at radius 1 is 1.20 bits per heavy atom. The van der Waals surface area contributed by atoms with E-state index in [1.54, 1.807) is 28.9 Å². The summed E-state index contributed by atoms with van der Waals surface area (Å²) in [7, 11) is 0. The molecule has 0 atom stereocenters. The highest BCUT2D eigenvalue weighted by molar-refractivity contribution is 6.30. The number of carbonyl (C=O) groups is 1. The van der Waals surface area contributed by atoms with E-state index in [9.17, 15) is 18.0 Å². The third-order valence-corrected chi connectivity index (χ3v) is 3.74. The third kappa shape index (κ3) is 3.74. The van der Waals surface area contributed by atoms with E-state index in [2.05, 4.69) is 15.3 Å². The molecule has 0 fully saturated rings. The second kappa shape index (κ2) is 6.36. The second-order valence-corrected chi connectivity index (χ2v) is 5.79. The quantitative estimate of drug-likeness (QED) is 0.767. The summed E-state index contributed by atoms with van der Waals surface area (Å²) in [5.74, 6) is -0.520. The molecule has 3 rings (SSSR count). The number of fused-ring (bicyclic) bond motifs is 1. The largest absolute Gasteiger partial charge is 0.433 e. The van der Waals surface area contributed by atoms with Crippen molar-refractivity contribution in [3.63, 3.8) is 0 Å². The molecule has 1 amide bonds. The van der Waals surface area contributed by atoms with Gasteiger partial charge >= 0.3 is 6.18 Å². The Balaban J connectivity index is 1.73. The Morgan fingerprint density at radius 2 is 1.96 bits per heavy atom. The van der Waals surface area contributed by atoms with Crippen molar-refractivity contribution in [3.05, 3.63) is 64.3 Å². The van der Waals surface area contributed by atoms with Gasteiger partial charge in [-0.25, -0.2) is 9.97 Å². The maximum absolute atomic E-state index is 12.6. The molecule has 0 radical (unpaired) electrons. The minimum atomic E-state index is -4.54. The molecule has 25 heavy (non-hydrogen) atoms. The number of aryl methyl sites for hydroxylation is 1. The summed E-state index contributed by atoms with van der Waals surface area (Å²) < 4.78 is 39.6. The van der Waals surface area contributed by atoms with Crippen molar-refractivity contribution < 1.29 is 18.0 Å². The second-order valence-electron chi connectivity index (χ2n) is 5.35. The fourth-order valence-electron chi connectivity index (χ4n) is 2.33. The SMILES string of the molecule is Cc1nc(C(F)(F)F)ccc1C(=O)NCc1cn2cc(Cl)ccc2n1. The van der Waals surface area contributed by atoms with Crippen LogP contribution in [-0.4, -0.2) is 20.3 Å². The van der Waals surface area contributed by atoms with Crippen LogP contribution in [-0.2, 0) is 12.7 Å². The fourth-order valence-corrected chi connectivity index (χ4v) is 2.50. The van der Waals surface area contributed by atoms with Gasteiger partial charge in [-0.3, -0.25) is 4.79 Å². The molecule has 0 spiro atoms. The molecule has 130 valence electrons. The average Bonchev–Trinajstić information content (AvgIpc) is 2.93. The summed E-state index contributed by atoms with van der Waals surface area (Å²) in [6.07, 6.45) is -1.16. The highest BCUT2D eigenvalue weighted by Crippen LogP contribution is 2.28. The normalized spacial score (nSPS) is 11.7. The predicted molar refractivity (Wildman–Crippen MR) is 85.3 cm³/mol. The summed E-state index contributed by atoms with van der Waals surface area (Å²) in [4.78, 5) is 19.9. The zero-order valence-corrected chi connectivity index (χ0v) is 13.7. The van der Waals surface area contributed by atoms with Crippen LogP contribution in [0.15, 0.2) is 36.7 Å². The third-order valence-electron chi connectivity index (χ3n) is 3.52. The molecule has 0 aliphatic rings. The molecule has 9 heteroatoms. The average molecular weight is 369 g/mol. The molecule has 0 saturated heterocycles. The van der Waals surface area contributed by atoms with Crippen molar-refractivity contribution >= 4 is 23.2 Å². The van der Waals surface area contributed by atoms with Crippen LogP contribution in [0.3, 0.4) is 0 Å². The lowest BCUT2D eigenvalue weighted by atomic mass is 10.1. The van der Waals surface area contributed by atoms with Crippen molar-refractivity contribution in [1.82, 2.24) is 19.7 Å².